The maximum Gasteiger partial charge on any atom is 0.319 e. The molecule has 194 valence electrons. The number of anilines is 2. The van der Waals surface area contributed by atoms with Crippen molar-refractivity contribution in [2.75, 3.05) is 49.7 Å². The van der Waals surface area contributed by atoms with Crippen molar-refractivity contribution in [2.45, 2.75) is 64.8 Å². The Morgan fingerprint density at radius 1 is 1.17 bits per heavy atom. The highest BCUT2D eigenvalue weighted by Crippen LogP contribution is 2.35. The molecular weight excluding hydrogens is 456 g/mol. The van der Waals surface area contributed by atoms with E-state index in [0.717, 1.165) is 67.7 Å². The summed E-state index contributed by atoms with van der Waals surface area (Å²) in [6.07, 6.45) is 1.97. The van der Waals surface area contributed by atoms with Crippen molar-refractivity contribution in [3.8, 4) is 11.4 Å². The van der Waals surface area contributed by atoms with Crippen LogP contribution in [0.4, 0.5) is 16.3 Å². The van der Waals surface area contributed by atoms with Crippen LogP contribution in [0, 0.1) is 0 Å². The fourth-order valence-electron chi connectivity index (χ4n) is 5.43. The Kier molecular flexibility index (Phi) is 7.14. The third-order valence-corrected chi connectivity index (χ3v) is 7.36. The number of aromatic nitrogens is 2. The lowest BCUT2D eigenvalue weighted by molar-refractivity contribution is 0.0323. The molecule has 2 N–H and O–H groups in total. The number of fused-ring (bicyclic) bond motifs is 1. The fourth-order valence-corrected chi connectivity index (χ4v) is 5.43. The third-order valence-electron chi connectivity index (χ3n) is 7.36. The second-order valence-electron chi connectivity index (χ2n) is 10.6. The molecule has 0 spiro atoms. The molecule has 2 atom stereocenters. The first-order chi connectivity index (χ1) is 17.3. The Bertz CT molecular complexity index is 1090. The minimum Gasteiger partial charge on any atom is -0.377 e. The number of hydrogen-bond acceptors (Lipinski definition) is 7. The SMILES string of the molecule is CCNC(=O)Nc1ccc(-c2nc3c(c(N4CCOCC4C)n2)CCN(C2COC(C)(C)C2)C3)cc1. The molecule has 0 radical (unpaired) electrons. The van der Waals surface area contributed by atoms with Crippen molar-refractivity contribution in [1.29, 1.82) is 0 Å². The minimum atomic E-state index is -0.210. The molecule has 9 heteroatoms. The van der Waals surface area contributed by atoms with E-state index in [-0.39, 0.29) is 17.7 Å². The molecule has 3 aliphatic rings. The van der Waals surface area contributed by atoms with Crippen LogP contribution < -0.4 is 15.5 Å². The number of amides is 2. The van der Waals surface area contributed by atoms with Gasteiger partial charge in [0.15, 0.2) is 5.82 Å². The molecule has 9 nitrogen and oxygen atoms in total. The molecular formula is C27H38N6O3. The van der Waals surface area contributed by atoms with E-state index in [1.54, 1.807) is 0 Å². The first-order valence-electron chi connectivity index (χ1n) is 13.1. The zero-order valence-corrected chi connectivity index (χ0v) is 21.8. The van der Waals surface area contributed by atoms with E-state index >= 15 is 0 Å². The second-order valence-corrected chi connectivity index (χ2v) is 10.6. The van der Waals surface area contributed by atoms with Crippen molar-refractivity contribution in [1.82, 2.24) is 20.2 Å². The van der Waals surface area contributed by atoms with Gasteiger partial charge in [-0.3, -0.25) is 4.90 Å². The maximum absolute atomic E-state index is 11.9. The largest absolute Gasteiger partial charge is 0.377 e. The molecule has 2 saturated heterocycles. The molecule has 1 aromatic heterocycles. The lowest BCUT2D eigenvalue weighted by Gasteiger charge is -2.38. The number of carbonyl (C=O) groups is 1. The summed E-state index contributed by atoms with van der Waals surface area (Å²) in [4.78, 5) is 27.0. The van der Waals surface area contributed by atoms with E-state index in [2.05, 4.69) is 41.2 Å². The number of morpholine rings is 1. The molecule has 36 heavy (non-hydrogen) atoms. The molecule has 2 fully saturated rings. The molecule has 2 amide bonds. The van der Waals surface area contributed by atoms with E-state index in [9.17, 15) is 4.79 Å². The Hall–Kier alpha value is -2.75. The number of urea groups is 1. The average Bonchev–Trinajstić information content (AvgIpc) is 3.23. The molecule has 1 aromatic carbocycles. The van der Waals surface area contributed by atoms with Crippen LogP contribution in [0.2, 0.25) is 0 Å². The predicted octanol–water partition coefficient (Wildman–Crippen LogP) is 3.44. The monoisotopic (exact) mass is 494 g/mol. The van der Waals surface area contributed by atoms with Gasteiger partial charge in [0.2, 0.25) is 0 Å². The van der Waals surface area contributed by atoms with Crippen LogP contribution in [0.15, 0.2) is 24.3 Å². The smallest absolute Gasteiger partial charge is 0.319 e. The van der Waals surface area contributed by atoms with E-state index in [0.29, 0.717) is 25.8 Å². The maximum atomic E-state index is 11.9. The van der Waals surface area contributed by atoms with Gasteiger partial charge in [-0.25, -0.2) is 14.8 Å². The van der Waals surface area contributed by atoms with Crippen molar-refractivity contribution in [3.05, 3.63) is 35.5 Å². The van der Waals surface area contributed by atoms with Crippen LogP contribution in [-0.4, -0.2) is 78.0 Å². The van der Waals surface area contributed by atoms with Gasteiger partial charge in [0, 0.05) is 49.0 Å². The third kappa shape index (κ3) is 5.33. The van der Waals surface area contributed by atoms with Gasteiger partial charge < -0.3 is 25.0 Å². The lowest BCUT2D eigenvalue weighted by Crippen LogP contribution is -2.46. The predicted molar refractivity (Wildman–Crippen MR) is 140 cm³/mol. The van der Waals surface area contributed by atoms with Crippen molar-refractivity contribution in [3.63, 3.8) is 0 Å². The molecule has 5 rings (SSSR count). The first kappa shape index (κ1) is 24.9. The second kappa shape index (κ2) is 10.3. The summed E-state index contributed by atoms with van der Waals surface area (Å²) in [5, 5.41) is 5.60. The van der Waals surface area contributed by atoms with Gasteiger partial charge in [0.25, 0.3) is 0 Å². The number of carbonyl (C=O) groups excluding carboxylic acids is 1. The summed E-state index contributed by atoms with van der Waals surface area (Å²) in [7, 11) is 0. The summed E-state index contributed by atoms with van der Waals surface area (Å²) in [6, 6.07) is 8.21. The van der Waals surface area contributed by atoms with Crippen molar-refractivity contribution in [2.24, 2.45) is 0 Å². The standard InChI is InChI=1S/C27H38N6O3/c1-5-28-26(34)29-20-8-6-19(7-9-20)24-30-23-15-32(21-14-27(3,4)36-17-21)11-10-22(23)25(31-24)33-12-13-35-16-18(33)2/h6-9,18,21H,5,10-17H2,1-4H3,(H2,28,29,34). The van der Waals surface area contributed by atoms with Crippen LogP contribution in [0.3, 0.4) is 0 Å². The van der Waals surface area contributed by atoms with Gasteiger partial charge in [-0.2, -0.15) is 0 Å². The molecule has 2 aromatic rings. The normalized spacial score (nSPS) is 23.8. The average molecular weight is 495 g/mol. The van der Waals surface area contributed by atoms with Gasteiger partial charge in [-0.15, -0.1) is 0 Å². The minimum absolute atomic E-state index is 0.0695. The Labute approximate surface area is 213 Å². The van der Waals surface area contributed by atoms with Crippen molar-refractivity contribution >= 4 is 17.5 Å². The summed E-state index contributed by atoms with van der Waals surface area (Å²) in [5.74, 6) is 1.76. The highest BCUT2D eigenvalue weighted by Gasteiger charge is 2.38. The molecule has 0 aliphatic carbocycles. The van der Waals surface area contributed by atoms with Gasteiger partial charge in [0.1, 0.15) is 5.82 Å². The van der Waals surface area contributed by atoms with E-state index < -0.39 is 0 Å². The number of benzene rings is 1. The zero-order valence-electron chi connectivity index (χ0n) is 21.8. The van der Waals surface area contributed by atoms with Crippen LogP contribution >= 0.6 is 0 Å². The molecule has 0 saturated carbocycles. The highest BCUT2D eigenvalue weighted by atomic mass is 16.5. The number of nitrogens with one attached hydrogen (secondary N) is 2. The van der Waals surface area contributed by atoms with Gasteiger partial charge >= 0.3 is 6.03 Å². The topological polar surface area (TPSA) is 91.9 Å². The molecule has 0 bridgehead atoms. The van der Waals surface area contributed by atoms with E-state index in [1.165, 1.54) is 5.56 Å². The quantitative estimate of drug-likeness (QED) is 0.658. The summed E-state index contributed by atoms with van der Waals surface area (Å²) < 4.78 is 11.8. The fraction of sp³-hybridized carbons (Fsp3) is 0.593. The van der Waals surface area contributed by atoms with Crippen LogP contribution in [0.1, 0.15) is 45.4 Å². The summed E-state index contributed by atoms with van der Waals surface area (Å²) >= 11 is 0. The summed E-state index contributed by atoms with van der Waals surface area (Å²) in [5.41, 5.74) is 3.97. The Morgan fingerprint density at radius 3 is 2.67 bits per heavy atom. The molecule has 3 aliphatic heterocycles. The lowest BCUT2D eigenvalue weighted by atomic mass is 9.98. The number of nitrogens with zero attached hydrogens (tertiary/aromatic N) is 4. The number of hydrogen-bond donors (Lipinski definition) is 2. The molecule has 2 unspecified atom stereocenters. The van der Waals surface area contributed by atoms with Gasteiger partial charge in [0.05, 0.1) is 37.2 Å². The van der Waals surface area contributed by atoms with Crippen LogP contribution in [0.25, 0.3) is 11.4 Å². The van der Waals surface area contributed by atoms with E-state index in [1.807, 2.05) is 31.2 Å². The first-order valence-corrected chi connectivity index (χ1v) is 13.1. The Balaban J connectivity index is 1.46. The molecule has 4 heterocycles. The Morgan fingerprint density at radius 2 is 1.97 bits per heavy atom. The van der Waals surface area contributed by atoms with Gasteiger partial charge in [-0.05, 0) is 64.8 Å². The van der Waals surface area contributed by atoms with Gasteiger partial charge in [-0.1, -0.05) is 0 Å². The zero-order chi connectivity index (χ0) is 25.3. The number of ether oxygens (including phenoxy) is 2. The van der Waals surface area contributed by atoms with Crippen LogP contribution in [-0.2, 0) is 22.4 Å². The van der Waals surface area contributed by atoms with E-state index in [4.69, 9.17) is 19.4 Å². The van der Waals surface area contributed by atoms with Crippen molar-refractivity contribution < 1.29 is 14.3 Å². The number of rotatable bonds is 5. The van der Waals surface area contributed by atoms with Crippen LogP contribution in [0.5, 0.6) is 0 Å². The highest BCUT2D eigenvalue weighted by molar-refractivity contribution is 5.89. The summed E-state index contributed by atoms with van der Waals surface area (Å²) in [6.45, 7) is 13.8.